The molecule has 0 atom stereocenters. The molecule has 648 valence electrons. The van der Waals surface area contributed by atoms with Gasteiger partial charge in [0.25, 0.3) is 0 Å². The highest BCUT2D eigenvalue weighted by molar-refractivity contribution is 8.01. The fourth-order valence-corrected chi connectivity index (χ4v) is 17.3. The van der Waals surface area contributed by atoms with Crippen LogP contribution < -0.4 is 21.7 Å². The number of aromatic carboxylic acids is 1. The molecule has 114 heavy (non-hydrogen) atoms. The van der Waals surface area contributed by atoms with Gasteiger partial charge in [-0.3, -0.25) is 80.4 Å². The summed E-state index contributed by atoms with van der Waals surface area (Å²) in [7, 11) is 0. The Morgan fingerprint density at radius 1 is 0.465 bits per heavy atom. The zero-order valence-corrected chi connectivity index (χ0v) is 71.4. The van der Waals surface area contributed by atoms with Crippen LogP contribution in [-0.4, -0.2) is 113 Å². The zero-order chi connectivity index (χ0) is 73.4. The van der Waals surface area contributed by atoms with E-state index in [1.807, 2.05) is 41.3 Å². The molecule has 17 nitrogen and oxygen atoms in total. The van der Waals surface area contributed by atoms with Crippen LogP contribution in [0.25, 0.3) is 30.0 Å². The van der Waals surface area contributed by atoms with Crippen LogP contribution in [0.1, 0.15) is 189 Å². The number of thioether (sulfide) groups is 1. The van der Waals surface area contributed by atoms with Gasteiger partial charge in [0.2, 0.25) is 17.7 Å². The van der Waals surface area contributed by atoms with Crippen LogP contribution in [0.2, 0.25) is 0 Å². The first-order valence-corrected chi connectivity index (χ1v) is 41.6. The second-order valence-electron chi connectivity index (χ2n) is 24.2. The number of thiol groups is 1. The first-order valence-electron chi connectivity index (χ1n) is 33.8. The molecule has 0 saturated carbocycles. The van der Waals surface area contributed by atoms with Crippen molar-refractivity contribution in [2.24, 2.45) is 23.5 Å². The molecule has 0 fully saturated rings. The van der Waals surface area contributed by atoms with E-state index >= 15 is 0 Å². The third-order valence-electron chi connectivity index (χ3n) is 14.6. The van der Waals surface area contributed by atoms with E-state index in [9.17, 15) is 28.8 Å². The minimum Gasteiger partial charge on any atom is -0.476 e. The first-order chi connectivity index (χ1) is 48.8. The topological polar surface area (TPSA) is 262 Å². The lowest BCUT2D eigenvalue weighted by Crippen LogP contribution is -2.31. The molecule has 0 aliphatic carbocycles. The van der Waals surface area contributed by atoms with Gasteiger partial charge in [-0.05, 0) is 98.8 Å². The van der Waals surface area contributed by atoms with Crippen molar-refractivity contribution >= 4 is 151 Å². The van der Waals surface area contributed by atoms with Crippen LogP contribution in [0.15, 0.2) is 126 Å². The number of halogens is 14. The summed E-state index contributed by atoms with van der Waals surface area (Å²) in [5.74, 6) is 1.20. The summed E-state index contributed by atoms with van der Waals surface area (Å²) in [5, 5.41) is 28.6. The molecular formula is C75H110Cl2F12N10O7S8. The molecule has 3 aromatic carbocycles. The second kappa shape index (κ2) is 70.3. The van der Waals surface area contributed by atoms with Gasteiger partial charge < -0.3 is 26.8 Å². The number of amides is 3. The molecule has 0 spiro atoms. The number of aromatic nitrogens is 6. The largest absolute Gasteiger partial charge is 0.476 e. The Hall–Kier alpha value is -6.94. The summed E-state index contributed by atoms with van der Waals surface area (Å²) in [5.41, 5.74) is 10.1. The molecule has 39 heteroatoms. The van der Waals surface area contributed by atoms with Gasteiger partial charge in [0.15, 0.2) is 47.3 Å². The number of hydrogen-bond acceptors (Lipinski definition) is 21. The summed E-state index contributed by atoms with van der Waals surface area (Å²) in [6, 6.07) is 31.3. The fraction of sp³-hybridized carbons (Fsp3) is 0.440. The average molecular weight is 1820 g/mol. The highest BCUT2D eigenvalue weighted by atomic mass is 35.5. The number of nitrogens with two attached hydrogens (primary N) is 1. The second-order valence-corrected chi connectivity index (χ2v) is 32.4. The molecule has 3 amide bonds. The normalized spacial score (nSPS) is 9.70. The Bertz CT molecular complexity index is 3780. The number of carboxylic acid groups (broad SMARTS) is 1. The van der Waals surface area contributed by atoms with Crippen molar-refractivity contribution in [2.75, 3.05) is 43.0 Å². The number of Topliss-reactive ketones (excluding diaryl/α,β-unsaturated/α-hetero) is 2. The van der Waals surface area contributed by atoms with Gasteiger partial charge in [0.05, 0.1) is 21.6 Å². The third-order valence-corrected chi connectivity index (χ3v) is 22.4. The lowest BCUT2D eigenvalue weighted by Gasteiger charge is -2.35. The summed E-state index contributed by atoms with van der Waals surface area (Å²) < 4.78 is -0.523. The van der Waals surface area contributed by atoms with Crippen molar-refractivity contribution < 1.29 is 90.3 Å². The van der Waals surface area contributed by atoms with Gasteiger partial charge in [0.1, 0.15) is 11.4 Å². The molecule has 0 bridgehead atoms. The van der Waals surface area contributed by atoms with Crippen molar-refractivity contribution in [2.45, 2.75) is 151 Å². The van der Waals surface area contributed by atoms with Crippen LogP contribution in [-0.2, 0) is 38.4 Å². The van der Waals surface area contributed by atoms with Crippen molar-refractivity contribution in [3.05, 3.63) is 174 Å². The van der Waals surface area contributed by atoms with E-state index in [1.54, 1.807) is 75.7 Å². The summed E-state index contributed by atoms with van der Waals surface area (Å²) in [4.78, 5) is 101. The third kappa shape index (κ3) is 43.3. The van der Waals surface area contributed by atoms with E-state index in [0.29, 0.717) is 78.8 Å². The maximum Gasteiger partial charge on any atom is 0.355 e. The number of thiazole rings is 6. The number of carbonyl (C=O) groups is 6. The minimum atomic E-state index is -0.959. The van der Waals surface area contributed by atoms with Crippen LogP contribution in [0.4, 0.5) is 56.5 Å². The van der Waals surface area contributed by atoms with Crippen molar-refractivity contribution in [1.82, 2.24) is 45.9 Å². The first kappa shape index (κ1) is 125. The van der Waals surface area contributed by atoms with Gasteiger partial charge in [0, 0.05) is 88.3 Å². The highest BCUT2D eigenvalue weighted by Gasteiger charge is 2.37. The van der Waals surface area contributed by atoms with Gasteiger partial charge >= 0.3 is 5.97 Å². The molecule has 0 saturated heterocycles. The number of hydrogen-bond donors (Lipinski definition) is 6. The maximum absolute atomic E-state index is 13.2. The van der Waals surface area contributed by atoms with Crippen LogP contribution in [0.3, 0.4) is 0 Å². The van der Waals surface area contributed by atoms with E-state index in [-0.39, 0.29) is 110 Å². The Kier molecular flexibility index (Phi) is 77.2. The van der Waals surface area contributed by atoms with Crippen LogP contribution >= 0.6 is 116 Å². The predicted octanol–water partition coefficient (Wildman–Crippen LogP) is 20.6. The number of alkyl halides is 2. The SMILES string of the molecule is C.CC(C)Cc1sc(-c2nccs2)nc1C(=O)CCCCCNC(=O)CS.CC(C)Cc1sc(-c2nccs2)nc1C(=O)CCCCCNC(=O)CSC(c1ccccc1)(c1ccccc1)c1ccccc1.CC(C)Cc1sc(-c2nccs2)nc1C(=O)O.CCC(=O)NCCCCN.ClCCl.F.F.F.F.F.F.F.F.F.F.F.F. The molecule has 9 aromatic rings. The fourth-order valence-electron chi connectivity index (χ4n) is 9.99. The molecule has 0 aliphatic rings. The number of ketones is 2. The van der Waals surface area contributed by atoms with Crippen LogP contribution in [0, 0.1) is 17.8 Å². The smallest absolute Gasteiger partial charge is 0.355 e. The molecule has 9 rings (SSSR count). The van der Waals surface area contributed by atoms with Gasteiger partial charge in [-0.1, -0.05) is 160 Å². The molecule has 6 heterocycles. The molecule has 6 aromatic heterocycles. The van der Waals surface area contributed by atoms with E-state index in [0.717, 1.165) is 134 Å². The minimum absolute atomic E-state index is 0. The van der Waals surface area contributed by atoms with Crippen LogP contribution in [0.5, 0.6) is 0 Å². The number of carbonyl (C=O) groups excluding carboxylic acids is 5. The van der Waals surface area contributed by atoms with Crippen molar-refractivity contribution in [1.29, 1.82) is 0 Å². The molecule has 0 aliphatic heterocycles. The Labute approximate surface area is 703 Å². The van der Waals surface area contributed by atoms with Gasteiger partial charge in [-0.25, -0.2) is 34.7 Å². The quantitative estimate of drug-likeness (QED) is 0.00533. The van der Waals surface area contributed by atoms with E-state index in [4.69, 9.17) is 39.0 Å². The average Bonchev–Trinajstić information content (AvgIpc) is 1.12. The number of nitrogens with zero attached hydrogens (tertiary/aromatic N) is 6. The maximum atomic E-state index is 13.2. The zero-order valence-electron chi connectivity index (χ0n) is 63.3. The van der Waals surface area contributed by atoms with Crippen molar-refractivity contribution in [3.8, 4) is 30.0 Å². The number of unbranched alkanes of at least 4 members (excludes halogenated alkanes) is 5. The van der Waals surface area contributed by atoms with E-state index < -0.39 is 10.7 Å². The number of benzene rings is 3. The Morgan fingerprint density at radius 2 is 0.772 bits per heavy atom. The van der Waals surface area contributed by atoms with Gasteiger partial charge in [-0.15, -0.1) is 103 Å². The number of rotatable bonds is 36. The Morgan fingerprint density at radius 3 is 1.06 bits per heavy atom. The summed E-state index contributed by atoms with van der Waals surface area (Å²) >= 11 is 24.3. The lowest BCUT2D eigenvalue weighted by atomic mass is 9.84. The molecular weight excluding hydrogens is 1710 g/mol. The molecule has 0 unspecified atom stereocenters. The lowest BCUT2D eigenvalue weighted by molar-refractivity contribution is -0.121. The predicted molar refractivity (Wildman–Crippen MR) is 464 cm³/mol. The monoisotopic (exact) mass is 1820 g/mol. The standard InChI is InChI=1S/C37H39N3O2S3.C18H25N3O2S3.C11H12N2O2S2.C7H16N2O.CH2Cl2.CH4.12FH/c1-27(2)25-32-34(40-36(45-32)35-39-23-24-43-35)31(41)21-13-6-14-22-38-33(42)26-44-37(28-15-7-3-8-16-28,29-17-9-4-10-18-29)30-19-11-5-12-20-30;1-12(2)10-14-16(21-18(26-14)17-20-8-9-25-17)13(22)6-4-3-5-7-19-15(23)11-24;1-6(2)5-7-8(11(14)15)13-10(17-7)9-12-3-4-16-9;1-2-7(10)9-6-4-3-5-8;2-1-3;;;;;;;;;;;;;/h3-5,7-12,15-20,23-24,27H,6,13-14,21-22,25-26H2,1-2H3,(H,38,42);8-9,12,24H,3-7,10-11H2,1-2H3,(H,19,23);3-4,6H,5H2,1-2H3,(H,14,15);2-6,8H2,1H3,(H,9,10);1H2;1H4;12*1H. The summed E-state index contributed by atoms with van der Waals surface area (Å²) in [6.45, 7) is 17.3. The Balaban J connectivity index is -0.000000196. The van der Waals surface area contributed by atoms with E-state index in [1.165, 1.54) is 22.7 Å². The molecule has 0 radical (unpaired) electrons. The number of carboxylic acids is 1. The van der Waals surface area contributed by atoms with Crippen molar-refractivity contribution in [3.63, 3.8) is 0 Å². The molecule has 6 N–H and O–H groups in total. The number of nitrogens with one attached hydrogen (secondary N) is 3. The van der Waals surface area contributed by atoms with E-state index in [2.05, 4.69) is 168 Å². The summed E-state index contributed by atoms with van der Waals surface area (Å²) in [6.07, 6.45) is 16.2. The highest BCUT2D eigenvalue weighted by Crippen LogP contribution is 2.48. The van der Waals surface area contributed by atoms with Gasteiger partial charge in [-0.2, -0.15) is 12.6 Å².